The Hall–Kier alpha value is -0.490. The first kappa shape index (κ1) is 14.6. The average Bonchev–Trinajstić information content (AvgIpc) is 2.26. The van der Waals surface area contributed by atoms with Crippen LogP contribution in [0.3, 0.4) is 0 Å². The average molecular weight is 372 g/mol. The van der Waals surface area contributed by atoms with Gasteiger partial charge < -0.3 is 4.74 Å². The second-order valence-corrected chi connectivity index (χ2v) is 5.24. The van der Waals surface area contributed by atoms with E-state index in [0.717, 1.165) is 12.1 Å². The third-order valence-electron chi connectivity index (χ3n) is 2.03. The van der Waals surface area contributed by atoms with E-state index in [1.54, 1.807) is 6.92 Å². The first-order valence-electron chi connectivity index (χ1n) is 4.89. The van der Waals surface area contributed by atoms with Gasteiger partial charge >= 0.3 is 5.97 Å². The SMILES string of the molecule is CCOC(=O)C(Br)Cc1cc(F)c(Br)cc1F. The van der Waals surface area contributed by atoms with Crippen LogP contribution in [0.1, 0.15) is 12.5 Å². The monoisotopic (exact) mass is 370 g/mol. The van der Waals surface area contributed by atoms with Gasteiger partial charge in [0.1, 0.15) is 16.5 Å². The molecule has 0 bridgehead atoms. The van der Waals surface area contributed by atoms with E-state index in [-0.39, 0.29) is 23.1 Å². The summed E-state index contributed by atoms with van der Waals surface area (Å²) in [4.78, 5) is 10.6. The molecule has 0 fully saturated rings. The molecule has 0 spiro atoms. The van der Waals surface area contributed by atoms with Crippen LogP contribution in [0.15, 0.2) is 16.6 Å². The zero-order valence-corrected chi connectivity index (χ0v) is 12.1. The highest BCUT2D eigenvalue weighted by atomic mass is 79.9. The summed E-state index contributed by atoms with van der Waals surface area (Å²) in [6.07, 6.45) is 0.0366. The topological polar surface area (TPSA) is 26.3 Å². The number of halogens is 4. The van der Waals surface area contributed by atoms with E-state index in [0.29, 0.717) is 0 Å². The Morgan fingerprint density at radius 3 is 2.65 bits per heavy atom. The number of carbonyl (C=O) groups excluding carboxylic acids is 1. The van der Waals surface area contributed by atoms with Crippen LogP contribution < -0.4 is 0 Å². The van der Waals surface area contributed by atoms with Crippen molar-refractivity contribution in [1.82, 2.24) is 0 Å². The lowest BCUT2D eigenvalue weighted by molar-refractivity contribution is -0.142. The first-order chi connectivity index (χ1) is 7.95. The van der Waals surface area contributed by atoms with Crippen LogP contribution >= 0.6 is 31.9 Å². The summed E-state index contributed by atoms with van der Waals surface area (Å²) in [6, 6.07) is 2.10. The fourth-order valence-corrected chi connectivity index (χ4v) is 2.03. The number of esters is 1. The first-order valence-corrected chi connectivity index (χ1v) is 6.60. The number of ether oxygens (including phenoxy) is 1. The highest BCUT2D eigenvalue weighted by Crippen LogP contribution is 2.22. The van der Waals surface area contributed by atoms with Crippen molar-refractivity contribution in [2.24, 2.45) is 0 Å². The zero-order valence-electron chi connectivity index (χ0n) is 8.97. The Morgan fingerprint density at radius 2 is 2.06 bits per heavy atom. The smallest absolute Gasteiger partial charge is 0.320 e. The van der Waals surface area contributed by atoms with Gasteiger partial charge in [0, 0.05) is 0 Å². The summed E-state index contributed by atoms with van der Waals surface area (Å²) in [5, 5.41) is 0. The van der Waals surface area contributed by atoms with E-state index in [4.69, 9.17) is 4.74 Å². The molecule has 0 saturated carbocycles. The van der Waals surface area contributed by atoms with Crippen molar-refractivity contribution < 1.29 is 18.3 Å². The van der Waals surface area contributed by atoms with Gasteiger partial charge in [-0.15, -0.1) is 0 Å². The number of hydrogen-bond donors (Lipinski definition) is 0. The van der Waals surface area contributed by atoms with E-state index in [1.807, 2.05) is 0 Å². The van der Waals surface area contributed by atoms with Crippen molar-refractivity contribution in [1.29, 1.82) is 0 Å². The molecule has 0 aliphatic carbocycles. The van der Waals surface area contributed by atoms with Crippen LogP contribution in [0.25, 0.3) is 0 Å². The van der Waals surface area contributed by atoms with Gasteiger partial charge in [0.25, 0.3) is 0 Å². The predicted molar refractivity (Wildman–Crippen MR) is 67.1 cm³/mol. The molecule has 0 heterocycles. The standard InChI is InChI=1S/C11H10Br2F2O2/c1-2-17-11(16)8(13)3-6-4-10(15)7(12)5-9(6)14/h4-5,8H,2-3H2,1H3. The van der Waals surface area contributed by atoms with E-state index in [1.165, 1.54) is 0 Å². The molecule has 1 aromatic rings. The summed E-state index contributed by atoms with van der Waals surface area (Å²) in [7, 11) is 0. The molecule has 1 unspecified atom stereocenters. The van der Waals surface area contributed by atoms with Gasteiger partial charge in [-0.2, -0.15) is 0 Å². The molecule has 0 saturated heterocycles. The van der Waals surface area contributed by atoms with Gasteiger partial charge in [0.2, 0.25) is 0 Å². The maximum atomic E-state index is 13.5. The number of rotatable bonds is 4. The lowest BCUT2D eigenvalue weighted by Crippen LogP contribution is -2.20. The van der Waals surface area contributed by atoms with Crippen LogP contribution in [0.4, 0.5) is 8.78 Å². The molecule has 2 nitrogen and oxygen atoms in total. The molecular formula is C11H10Br2F2O2. The minimum atomic E-state index is -0.683. The molecule has 1 atom stereocenters. The van der Waals surface area contributed by atoms with E-state index >= 15 is 0 Å². The van der Waals surface area contributed by atoms with Crippen LogP contribution in [0, 0.1) is 11.6 Å². The third-order valence-corrected chi connectivity index (χ3v) is 3.34. The van der Waals surface area contributed by atoms with Gasteiger partial charge in [-0.25, -0.2) is 8.78 Å². The van der Waals surface area contributed by atoms with Crippen LogP contribution in [0.2, 0.25) is 0 Å². The third kappa shape index (κ3) is 4.03. The highest BCUT2D eigenvalue weighted by Gasteiger charge is 2.19. The van der Waals surface area contributed by atoms with Crippen molar-refractivity contribution in [2.45, 2.75) is 18.2 Å². The summed E-state index contributed by atoms with van der Waals surface area (Å²) >= 11 is 5.96. The van der Waals surface area contributed by atoms with E-state index < -0.39 is 22.4 Å². The number of hydrogen-bond acceptors (Lipinski definition) is 2. The predicted octanol–water partition coefficient (Wildman–Crippen LogP) is 3.60. The fourth-order valence-electron chi connectivity index (χ4n) is 1.23. The number of alkyl halides is 1. The molecule has 0 radical (unpaired) electrons. The summed E-state index contributed by atoms with van der Waals surface area (Å²) in [6.45, 7) is 1.93. The maximum Gasteiger partial charge on any atom is 0.320 e. The molecule has 0 amide bonds. The fraction of sp³-hybridized carbons (Fsp3) is 0.364. The lowest BCUT2D eigenvalue weighted by Gasteiger charge is -2.10. The molecule has 17 heavy (non-hydrogen) atoms. The summed E-state index contributed by atoms with van der Waals surface area (Å²) in [5.74, 6) is -1.62. The van der Waals surface area contributed by atoms with Crippen LogP contribution in [-0.4, -0.2) is 17.4 Å². The summed E-state index contributed by atoms with van der Waals surface area (Å²) in [5.41, 5.74) is 0.126. The second-order valence-electron chi connectivity index (χ2n) is 3.28. The van der Waals surface area contributed by atoms with Crippen LogP contribution in [-0.2, 0) is 16.0 Å². The van der Waals surface area contributed by atoms with Crippen molar-refractivity contribution in [3.8, 4) is 0 Å². The largest absolute Gasteiger partial charge is 0.465 e. The van der Waals surface area contributed by atoms with Gasteiger partial charge in [0.05, 0.1) is 11.1 Å². The van der Waals surface area contributed by atoms with Gasteiger partial charge in [-0.3, -0.25) is 4.79 Å². The van der Waals surface area contributed by atoms with Gasteiger partial charge in [-0.1, -0.05) is 15.9 Å². The Balaban J connectivity index is 2.81. The molecule has 1 aromatic carbocycles. The highest BCUT2D eigenvalue weighted by molar-refractivity contribution is 9.10. The Labute approximate surface area is 115 Å². The molecule has 0 N–H and O–H groups in total. The molecule has 94 valence electrons. The Kier molecular flexibility index (Phi) is 5.52. The van der Waals surface area contributed by atoms with Crippen molar-refractivity contribution in [2.75, 3.05) is 6.61 Å². The minimum Gasteiger partial charge on any atom is -0.465 e. The molecular weight excluding hydrogens is 362 g/mol. The maximum absolute atomic E-state index is 13.5. The summed E-state index contributed by atoms with van der Waals surface area (Å²) < 4.78 is 31.5. The van der Waals surface area contributed by atoms with Gasteiger partial charge in [0.15, 0.2) is 0 Å². The minimum absolute atomic E-state index is 0.0366. The molecule has 0 aliphatic heterocycles. The molecule has 0 aliphatic rings. The normalized spacial score (nSPS) is 12.3. The Bertz CT molecular complexity index is 424. The number of carbonyl (C=O) groups is 1. The van der Waals surface area contributed by atoms with Gasteiger partial charge in [-0.05, 0) is 47.0 Å². The molecule has 0 aromatic heterocycles. The number of benzene rings is 1. The molecule has 6 heteroatoms. The van der Waals surface area contributed by atoms with E-state index in [9.17, 15) is 13.6 Å². The quantitative estimate of drug-likeness (QED) is 0.459. The van der Waals surface area contributed by atoms with Crippen molar-refractivity contribution >= 4 is 37.8 Å². The zero-order chi connectivity index (χ0) is 13.0. The Morgan fingerprint density at radius 1 is 1.41 bits per heavy atom. The molecule has 1 rings (SSSR count). The lowest BCUT2D eigenvalue weighted by atomic mass is 10.1. The van der Waals surface area contributed by atoms with E-state index in [2.05, 4.69) is 31.9 Å². The second kappa shape index (κ2) is 6.44. The van der Waals surface area contributed by atoms with Crippen LogP contribution in [0.5, 0.6) is 0 Å². The van der Waals surface area contributed by atoms with Crippen molar-refractivity contribution in [3.05, 3.63) is 33.8 Å². The van der Waals surface area contributed by atoms with Crippen molar-refractivity contribution in [3.63, 3.8) is 0 Å².